The maximum absolute atomic E-state index is 12.2. The van der Waals surface area contributed by atoms with Crippen molar-refractivity contribution in [3.8, 4) is 5.75 Å². The number of aryl methyl sites for hydroxylation is 2. The van der Waals surface area contributed by atoms with Gasteiger partial charge in [0.15, 0.2) is 0 Å². The Morgan fingerprint density at radius 3 is 2.17 bits per heavy atom. The van der Waals surface area contributed by atoms with Gasteiger partial charge in [0.25, 0.3) is 0 Å². The summed E-state index contributed by atoms with van der Waals surface area (Å²) >= 11 is 7.01. The fourth-order valence-corrected chi connectivity index (χ4v) is 3.35. The molecule has 128 valence electrons. The highest BCUT2D eigenvalue weighted by molar-refractivity contribution is 9.10. The molecule has 5 heteroatoms. The zero-order valence-corrected chi connectivity index (χ0v) is 16.7. The van der Waals surface area contributed by atoms with Gasteiger partial charge >= 0.3 is 0 Å². The molecule has 2 aromatic rings. The highest BCUT2D eigenvalue weighted by atomic mass is 79.9. The van der Waals surface area contributed by atoms with Gasteiger partial charge in [-0.05, 0) is 53.8 Å². The van der Waals surface area contributed by atoms with Gasteiger partial charge in [-0.3, -0.25) is 4.79 Å². The number of ether oxygens (including phenoxy) is 1. The molecule has 0 bridgehead atoms. The third-order valence-electron chi connectivity index (χ3n) is 3.89. The van der Waals surface area contributed by atoms with E-state index in [1.54, 1.807) is 7.11 Å². The SMILES string of the molecule is COc1ccc(Br)c(CCC(=O)CCc2cc(CO)ccc2Br)c1. The number of rotatable bonds is 8. The Hall–Kier alpha value is -1.17. The fraction of sp³-hybridized carbons (Fsp3) is 0.316. The Labute approximate surface area is 159 Å². The Morgan fingerprint density at radius 2 is 1.58 bits per heavy atom. The molecule has 0 amide bonds. The molecule has 0 unspecified atom stereocenters. The molecule has 2 aromatic carbocycles. The van der Waals surface area contributed by atoms with Gasteiger partial charge in [-0.25, -0.2) is 0 Å². The van der Waals surface area contributed by atoms with Gasteiger partial charge in [-0.1, -0.05) is 44.0 Å². The molecule has 0 aliphatic carbocycles. The van der Waals surface area contributed by atoms with Crippen LogP contribution in [0, 0.1) is 0 Å². The number of aliphatic hydroxyl groups excluding tert-OH is 1. The number of hydrogen-bond donors (Lipinski definition) is 1. The normalized spacial score (nSPS) is 10.7. The van der Waals surface area contributed by atoms with Gasteiger partial charge in [0, 0.05) is 21.8 Å². The average molecular weight is 456 g/mol. The summed E-state index contributed by atoms with van der Waals surface area (Å²) in [7, 11) is 1.64. The van der Waals surface area contributed by atoms with E-state index in [0.717, 1.165) is 31.4 Å². The summed E-state index contributed by atoms with van der Waals surface area (Å²) in [6, 6.07) is 11.5. The predicted molar refractivity (Wildman–Crippen MR) is 102 cm³/mol. The standard InChI is InChI=1S/C19H20Br2O3/c1-24-17-7-9-19(21)15(11-17)4-6-16(23)5-3-14-10-13(12-22)2-8-18(14)20/h2,7-11,22H,3-6,12H2,1H3. The smallest absolute Gasteiger partial charge is 0.133 e. The monoisotopic (exact) mass is 454 g/mol. The number of hydrogen-bond acceptors (Lipinski definition) is 3. The van der Waals surface area contributed by atoms with Crippen LogP contribution in [0.2, 0.25) is 0 Å². The van der Waals surface area contributed by atoms with Crippen LogP contribution < -0.4 is 4.74 Å². The van der Waals surface area contributed by atoms with E-state index in [2.05, 4.69) is 31.9 Å². The molecule has 3 nitrogen and oxygen atoms in total. The summed E-state index contributed by atoms with van der Waals surface area (Å²) in [5, 5.41) is 9.21. The molecule has 0 radical (unpaired) electrons. The summed E-state index contributed by atoms with van der Waals surface area (Å²) < 4.78 is 7.20. The Balaban J connectivity index is 1.90. The number of carbonyl (C=O) groups is 1. The molecule has 1 N–H and O–H groups in total. The van der Waals surface area contributed by atoms with Crippen LogP contribution in [0.1, 0.15) is 29.5 Å². The highest BCUT2D eigenvalue weighted by Crippen LogP contribution is 2.24. The summed E-state index contributed by atoms with van der Waals surface area (Å²) in [5.74, 6) is 1.02. The van der Waals surface area contributed by atoms with Crippen LogP contribution in [-0.2, 0) is 24.2 Å². The van der Waals surface area contributed by atoms with Gasteiger partial charge in [0.2, 0.25) is 0 Å². The van der Waals surface area contributed by atoms with E-state index in [-0.39, 0.29) is 12.4 Å². The first kappa shape index (κ1) is 19.2. The maximum Gasteiger partial charge on any atom is 0.133 e. The van der Waals surface area contributed by atoms with Crippen LogP contribution in [0.4, 0.5) is 0 Å². The lowest BCUT2D eigenvalue weighted by Crippen LogP contribution is -2.03. The lowest BCUT2D eigenvalue weighted by atomic mass is 10.0. The van der Waals surface area contributed by atoms with Gasteiger partial charge in [0.1, 0.15) is 11.5 Å². The van der Waals surface area contributed by atoms with Crippen molar-refractivity contribution >= 4 is 37.6 Å². The number of carbonyl (C=O) groups excluding carboxylic acids is 1. The van der Waals surface area contributed by atoms with E-state index in [1.807, 2.05) is 36.4 Å². The van der Waals surface area contributed by atoms with Gasteiger partial charge in [0.05, 0.1) is 13.7 Å². The van der Waals surface area contributed by atoms with E-state index in [4.69, 9.17) is 4.74 Å². The molecule has 2 rings (SSSR count). The van der Waals surface area contributed by atoms with E-state index in [0.29, 0.717) is 25.7 Å². The second-order valence-electron chi connectivity index (χ2n) is 5.58. The minimum atomic E-state index is 0.0120. The number of Topliss-reactive ketones (excluding diaryl/α,β-unsaturated/α-hetero) is 1. The number of halogens is 2. The fourth-order valence-electron chi connectivity index (χ4n) is 2.46. The van der Waals surface area contributed by atoms with E-state index in [1.165, 1.54) is 0 Å². The number of benzene rings is 2. The zero-order chi connectivity index (χ0) is 17.5. The summed E-state index contributed by atoms with van der Waals surface area (Å²) in [4.78, 5) is 12.2. The third kappa shape index (κ3) is 5.43. The number of aliphatic hydroxyl groups is 1. The zero-order valence-electron chi connectivity index (χ0n) is 13.5. The van der Waals surface area contributed by atoms with Gasteiger partial charge < -0.3 is 9.84 Å². The lowest BCUT2D eigenvalue weighted by Gasteiger charge is -2.08. The first-order valence-electron chi connectivity index (χ1n) is 7.75. The van der Waals surface area contributed by atoms with Crippen molar-refractivity contribution in [2.45, 2.75) is 32.3 Å². The lowest BCUT2D eigenvalue weighted by molar-refractivity contribution is -0.119. The molecular weight excluding hydrogens is 436 g/mol. The highest BCUT2D eigenvalue weighted by Gasteiger charge is 2.09. The van der Waals surface area contributed by atoms with E-state index >= 15 is 0 Å². The van der Waals surface area contributed by atoms with E-state index < -0.39 is 0 Å². The van der Waals surface area contributed by atoms with Crippen molar-refractivity contribution in [1.82, 2.24) is 0 Å². The molecule has 24 heavy (non-hydrogen) atoms. The number of ketones is 1. The maximum atomic E-state index is 12.2. The molecule has 0 spiro atoms. The molecule has 0 fully saturated rings. The molecule has 0 atom stereocenters. The number of methoxy groups -OCH3 is 1. The van der Waals surface area contributed by atoms with E-state index in [9.17, 15) is 9.90 Å². The van der Waals surface area contributed by atoms with Gasteiger partial charge in [-0.15, -0.1) is 0 Å². The van der Waals surface area contributed by atoms with Crippen molar-refractivity contribution in [1.29, 1.82) is 0 Å². The van der Waals surface area contributed by atoms with Crippen molar-refractivity contribution in [2.24, 2.45) is 0 Å². The Morgan fingerprint density at radius 1 is 1.00 bits per heavy atom. The Kier molecular flexibility index (Phi) is 7.46. The second-order valence-corrected chi connectivity index (χ2v) is 7.29. The minimum Gasteiger partial charge on any atom is -0.497 e. The average Bonchev–Trinajstić information content (AvgIpc) is 2.60. The van der Waals surface area contributed by atoms with Crippen molar-refractivity contribution in [3.05, 3.63) is 62.0 Å². The van der Waals surface area contributed by atoms with Crippen LogP contribution in [0.25, 0.3) is 0 Å². The minimum absolute atomic E-state index is 0.0120. The topological polar surface area (TPSA) is 46.5 Å². The van der Waals surface area contributed by atoms with Crippen LogP contribution in [-0.4, -0.2) is 18.0 Å². The molecular formula is C19H20Br2O3. The third-order valence-corrected chi connectivity index (χ3v) is 5.44. The predicted octanol–water partition coefficient (Wildman–Crippen LogP) is 4.85. The van der Waals surface area contributed by atoms with Gasteiger partial charge in [-0.2, -0.15) is 0 Å². The molecule has 0 aromatic heterocycles. The summed E-state index contributed by atoms with van der Waals surface area (Å²) in [6.45, 7) is 0.0120. The van der Waals surface area contributed by atoms with Crippen LogP contribution >= 0.6 is 31.9 Å². The quantitative estimate of drug-likeness (QED) is 0.618. The van der Waals surface area contributed by atoms with Crippen LogP contribution in [0.3, 0.4) is 0 Å². The van der Waals surface area contributed by atoms with Crippen LogP contribution in [0.15, 0.2) is 45.3 Å². The summed E-state index contributed by atoms with van der Waals surface area (Å²) in [6.07, 6.45) is 2.36. The summed E-state index contributed by atoms with van der Waals surface area (Å²) in [5.41, 5.74) is 2.99. The van der Waals surface area contributed by atoms with Crippen molar-refractivity contribution in [2.75, 3.05) is 7.11 Å². The van der Waals surface area contributed by atoms with Crippen molar-refractivity contribution in [3.63, 3.8) is 0 Å². The molecule has 0 aliphatic heterocycles. The molecule has 0 saturated heterocycles. The largest absolute Gasteiger partial charge is 0.497 e. The molecule has 0 heterocycles. The molecule has 0 saturated carbocycles. The molecule has 0 aliphatic rings. The first-order valence-corrected chi connectivity index (χ1v) is 9.34. The Bertz CT molecular complexity index is 654. The van der Waals surface area contributed by atoms with Crippen molar-refractivity contribution < 1.29 is 14.6 Å². The first-order chi connectivity index (χ1) is 11.5. The second kappa shape index (κ2) is 9.35. The van der Waals surface area contributed by atoms with Crippen LogP contribution in [0.5, 0.6) is 5.75 Å².